The molecular formula is C13H26N4O2S. The largest absolute Gasteiger partial charge is 0.306 e. The number of hydrogen-bond acceptors (Lipinski definition) is 5. The Labute approximate surface area is 121 Å². The molecule has 1 aromatic heterocycles. The minimum atomic E-state index is -3.13. The first kappa shape index (κ1) is 17.1. The van der Waals surface area contributed by atoms with Gasteiger partial charge in [-0.05, 0) is 41.5 Å². The van der Waals surface area contributed by atoms with Crippen molar-refractivity contribution in [1.82, 2.24) is 20.3 Å². The highest BCUT2D eigenvalue weighted by atomic mass is 32.2. The zero-order valence-electron chi connectivity index (χ0n) is 13.3. The highest BCUT2D eigenvalue weighted by Crippen LogP contribution is 2.16. The Hall–Kier alpha value is -0.950. The molecule has 0 spiro atoms. The summed E-state index contributed by atoms with van der Waals surface area (Å²) in [5, 5.41) is 11.3. The van der Waals surface area contributed by atoms with E-state index in [1.807, 2.05) is 0 Å². The van der Waals surface area contributed by atoms with Gasteiger partial charge in [0, 0.05) is 18.3 Å². The van der Waals surface area contributed by atoms with Gasteiger partial charge in [-0.25, -0.2) is 8.42 Å². The number of rotatable bonds is 5. The first-order valence-corrected chi connectivity index (χ1v) is 8.42. The molecule has 0 aromatic carbocycles. The Balaban J connectivity index is 2.58. The van der Waals surface area contributed by atoms with E-state index in [0.717, 1.165) is 5.69 Å². The fourth-order valence-corrected chi connectivity index (χ4v) is 2.44. The minimum Gasteiger partial charge on any atom is -0.306 e. The quantitative estimate of drug-likeness (QED) is 0.889. The van der Waals surface area contributed by atoms with Gasteiger partial charge in [-0.3, -0.25) is 4.68 Å². The number of nitrogens with zero attached hydrogens (tertiary/aromatic N) is 3. The predicted molar refractivity (Wildman–Crippen MR) is 80.2 cm³/mol. The minimum absolute atomic E-state index is 0.0132. The molecule has 0 radical (unpaired) electrons. The van der Waals surface area contributed by atoms with Crippen LogP contribution in [-0.4, -0.2) is 39.5 Å². The third kappa shape index (κ3) is 5.20. The van der Waals surface area contributed by atoms with E-state index in [1.54, 1.807) is 31.6 Å². The van der Waals surface area contributed by atoms with Gasteiger partial charge in [-0.1, -0.05) is 5.21 Å². The molecule has 0 fully saturated rings. The summed E-state index contributed by atoms with van der Waals surface area (Å²) in [4.78, 5) is 0. The molecule has 6 nitrogen and oxygen atoms in total. The summed E-state index contributed by atoms with van der Waals surface area (Å²) in [5.74, 6) is 0.0754. The Bertz CT molecular complexity index is 535. The summed E-state index contributed by atoms with van der Waals surface area (Å²) in [6.07, 6.45) is 1.79. The second kappa shape index (κ2) is 5.81. The lowest BCUT2D eigenvalue weighted by molar-refractivity contribution is 0.421. The van der Waals surface area contributed by atoms with Crippen LogP contribution in [0.3, 0.4) is 0 Å². The number of sulfone groups is 1. The molecule has 116 valence electrons. The average Bonchev–Trinajstić information content (AvgIpc) is 2.69. The Kier molecular flexibility index (Phi) is 4.97. The number of nitrogens with one attached hydrogen (secondary N) is 1. The van der Waals surface area contributed by atoms with Crippen molar-refractivity contribution in [3.8, 4) is 0 Å². The Morgan fingerprint density at radius 1 is 1.20 bits per heavy atom. The van der Waals surface area contributed by atoms with Crippen LogP contribution in [0.5, 0.6) is 0 Å². The van der Waals surface area contributed by atoms with E-state index in [1.165, 1.54) is 0 Å². The molecule has 0 aliphatic carbocycles. The van der Waals surface area contributed by atoms with E-state index < -0.39 is 14.6 Å². The van der Waals surface area contributed by atoms with Gasteiger partial charge in [0.15, 0.2) is 9.84 Å². The lowest BCUT2D eigenvalue weighted by atomic mass is 10.1. The van der Waals surface area contributed by atoms with Crippen LogP contribution in [0.2, 0.25) is 0 Å². The molecule has 1 rings (SSSR count). The highest BCUT2D eigenvalue weighted by molar-refractivity contribution is 7.92. The average molecular weight is 302 g/mol. The number of hydrogen-bond donors (Lipinski definition) is 1. The van der Waals surface area contributed by atoms with Crippen molar-refractivity contribution in [1.29, 1.82) is 0 Å². The van der Waals surface area contributed by atoms with Crippen molar-refractivity contribution in [3.63, 3.8) is 0 Å². The maximum Gasteiger partial charge on any atom is 0.157 e. The Morgan fingerprint density at radius 3 is 2.30 bits per heavy atom. The van der Waals surface area contributed by atoms with Gasteiger partial charge in [0.25, 0.3) is 0 Å². The molecule has 0 saturated carbocycles. The number of aromatic nitrogens is 3. The molecule has 1 heterocycles. The maximum absolute atomic E-state index is 12.0. The molecule has 0 saturated heterocycles. The molecule has 20 heavy (non-hydrogen) atoms. The predicted octanol–water partition coefficient (Wildman–Crippen LogP) is 1.38. The molecule has 7 heteroatoms. The van der Waals surface area contributed by atoms with Crippen molar-refractivity contribution >= 4 is 9.84 Å². The van der Waals surface area contributed by atoms with E-state index in [9.17, 15) is 8.42 Å². The molecule has 0 unspecified atom stereocenters. The van der Waals surface area contributed by atoms with Crippen LogP contribution in [0.25, 0.3) is 0 Å². The van der Waals surface area contributed by atoms with Gasteiger partial charge >= 0.3 is 0 Å². The first-order valence-electron chi connectivity index (χ1n) is 6.77. The lowest BCUT2D eigenvalue weighted by Crippen LogP contribution is -2.35. The summed E-state index contributed by atoms with van der Waals surface area (Å²) in [6.45, 7) is 12.3. The zero-order valence-corrected chi connectivity index (χ0v) is 14.1. The summed E-state index contributed by atoms with van der Waals surface area (Å²) in [5.41, 5.74) is 0.826. The van der Waals surface area contributed by atoms with Crippen LogP contribution in [-0.2, 0) is 22.9 Å². The van der Waals surface area contributed by atoms with Crippen LogP contribution >= 0.6 is 0 Å². The molecule has 0 aliphatic heterocycles. The smallest absolute Gasteiger partial charge is 0.157 e. The summed E-state index contributed by atoms with van der Waals surface area (Å²) in [7, 11) is -3.13. The van der Waals surface area contributed by atoms with Gasteiger partial charge in [-0.15, -0.1) is 5.10 Å². The first-order chi connectivity index (χ1) is 8.91. The second-order valence-corrected chi connectivity index (χ2v) is 9.87. The molecule has 0 bridgehead atoms. The van der Waals surface area contributed by atoms with Crippen molar-refractivity contribution < 1.29 is 8.42 Å². The molecule has 1 aromatic rings. The van der Waals surface area contributed by atoms with Gasteiger partial charge in [0.05, 0.1) is 22.7 Å². The van der Waals surface area contributed by atoms with Crippen LogP contribution < -0.4 is 5.32 Å². The third-order valence-corrected chi connectivity index (χ3v) is 5.49. The summed E-state index contributed by atoms with van der Waals surface area (Å²) >= 11 is 0. The van der Waals surface area contributed by atoms with Crippen molar-refractivity contribution in [2.45, 2.75) is 64.9 Å². The normalized spacial score (nSPS) is 13.7. The standard InChI is InChI=1S/C13H26N4O2S/c1-12(2,3)14-9-11-10-17(16-15-11)7-8-20(18,19)13(4,5)6/h10,14H,7-9H2,1-6H3. The fourth-order valence-electron chi connectivity index (χ4n) is 1.40. The Morgan fingerprint density at radius 2 is 1.80 bits per heavy atom. The van der Waals surface area contributed by atoms with Gasteiger partial charge in [0.2, 0.25) is 0 Å². The summed E-state index contributed by atoms with van der Waals surface area (Å²) < 4.78 is 24.9. The van der Waals surface area contributed by atoms with Crippen LogP contribution in [0.15, 0.2) is 6.20 Å². The van der Waals surface area contributed by atoms with Gasteiger partial charge in [0.1, 0.15) is 0 Å². The van der Waals surface area contributed by atoms with Crippen LogP contribution in [0, 0.1) is 0 Å². The van der Waals surface area contributed by atoms with Crippen molar-refractivity contribution in [3.05, 3.63) is 11.9 Å². The summed E-state index contributed by atoms with van der Waals surface area (Å²) in [6, 6.07) is 0. The monoisotopic (exact) mass is 302 g/mol. The number of aryl methyl sites for hydroxylation is 1. The third-order valence-electron chi connectivity index (χ3n) is 2.91. The van der Waals surface area contributed by atoms with Gasteiger partial charge < -0.3 is 5.32 Å². The molecular weight excluding hydrogens is 276 g/mol. The molecule has 1 N–H and O–H groups in total. The van der Waals surface area contributed by atoms with E-state index in [0.29, 0.717) is 13.1 Å². The molecule has 0 amide bonds. The van der Waals surface area contributed by atoms with E-state index in [-0.39, 0.29) is 11.3 Å². The molecule has 0 atom stereocenters. The lowest BCUT2D eigenvalue weighted by Gasteiger charge is -2.19. The fraction of sp³-hybridized carbons (Fsp3) is 0.846. The van der Waals surface area contributed by atoms with Crippen molar-refractivity contribution in [2.75, 3.05) is 5.75 Å². The SMILES string of the molecule is CC(C)(C)NCc1cn(CCS(=O)(=O)C(C)(C)C)nn1. The van der Waals surface area contributed by atoms with Crippen LogP contribution in [0.4, 0.5) is 0 Å². The van der Waals surface area contributed by atoms with Gasteiger partial charge in [-0.2, -0.15) is 0 Å². The van der Waals surface area contributed by atoms with E-state index in [2.05, 4.69) is 36.4 Å². The van der Waals surface area contributed by atoms with Crippen molar-refractivity contribution in [2.24, 2.45) is 0 Å². The maximum atomic E-state index is 12.0. The molecule has 0 aliphatic rings. The highest BCUT2D eigenvalue weighted by Gasteiger charge is 2.28. The van der Waals surface area contributed by atoms with E-state index >= 15 is 0 Å². The van der Waals surface area contributed by atoms with E-state index in [4.69, 9.17) is 0 Å². The topological polar surface area (TPSA) is 76.9 Å². The second-order valence-electron chi connectivity index (χ2n) is 7.01. The zero-order chi connectivity index (χ0) is 15.6. The van der Waals surface area contributed by atoms with Crippen LogP contribution in [0.1, 0.15) is 47.2 Å².